The molecule has 0 N–H and O–H groups in total. The molecule has 0 aromatic carbocycles. The van der Waals surface area contributed by atoms with E-state index in [9.17, 15) is 0 Å². The summed E-state index contributed by atoms with van der Waals surface area (Å²) < 4.78 is 6.37. The summed E-state index contributed by atoms with van der Waals surface area (Å²) in [5.74, 6) is 0.454. The second-order valence-corrected chi connectivity index (χ2v) is 9.89. The van der Waals surface area contributed by atoms with E-state index in [0.29, 0.717) is 5.92 Å². The van der Waals surface area contributed by atoms with Crippen LogP contribution in [-0.4, -0.2) is 13.9 Å². The highest BCUT2D eigenvalue weighted by molar-refractivity contribution is 6.69. The summed E-state index contributed by atoms with van der Waals surface area (Å²) >= 11 is 0. The van der Waals surface area contributed by atoms with Gasteiger partial charge in [-0.25, -0.2) is 0 Å². The Morgan fingerprint density at radius 3 is 2.40 bits per heavy atom. The third-order valence-electron chi connectivity index (χ3n) is 3.09. The van der Waals surface area contributed by atoms with Crippen molar-refractivity contribution in [1.82, 2.24) is 0 Å². The van der Waals surface area contributed by atoms with Crippen molar-refractivity contribution >= 4 is 8.32 Å². The van der Waals surface area contributed by atoms with Gasteiger partial charge in [-0.15, -0.1) is 13.2 Å². The second kappa shape index (κ2) is 4.66. The fourth-order valence-corrected chi connectivity index (χ4v) is 3.98. The molecule has 86 valence electrons. The van der Waals surface area contributed by atoms with Gasteiger partial charge in [0.25, 0.3) is 0 Å². The molecule has 0 bridgehead atoms. The molecule has 0 aromatic rings. The molecule has 2 heteroatoms. The SMILES string of the molecule is C=C[C@H]1CCCC[C@@]1(C=C)O[Si](C)(C)C. The molecule has 1 rings (SSSR count). The highest BCUT2D eigenvalue weighted by Crippen LogP contribution is 2.40. The Morgan fingerprint density at radius 2 is 1.93 bits per heavy atom. The van der Waals surface area contributed by atoms with Crippen LogP contribution in [0.25, 0.3) is 0 Å². The van der Waals surface area contributed by atoms with Gasteiger partial charge in [0, 0.05) is 5.92 Å². The van der Waals surface area contributed by atoms with Gasteiger partial charge >= 0.3 is 0 Å². The second-order valence-electron chi connectivity index (χ2n) is 5.46. The Bertz CT molecular complexity index is 241. The molecule has 0 radical (unpaired) electrons. The van der Waals surface area contributed by atoms with Crippen LogP contribution in [-0.2, 0) is 4.43 Å². The molecular formula is C13H24OSi. The van der Waals surface area contributed by atoms with E-state index >= 15 is 0 Å². The molecular weight excluding hydrogens is 200 g/mol. The van der Waals surface area contributed by atoms with E-state index < -0.39 is 8.32 Å². The van der Waals surface area contributed by atoms with Crippen LogP contribution < -0.4 is 0 Å². The molecule has 15 heavy (non-hydrogen) atoms. The van der Waals surface area contributed by atoms with Gasteiger partial charge in [-0.2, -0.15) is 0 Å². The van der Waals surface area contributed by atoms with E-state index in [0.717, 1.165) is 6.42 Å². The van der Waals surface area contributed by atoms with E-state index in [1.54, 1.807) is 0 Å². The molecule has 0 saturated heterocycles. The summed E-state index contributed by atoms with van der Waals surface area (Å²) in [5.41, 5.74) is -0.121. The first-order valence-electron chi connectivity index (χ1n) is 5.90. The first-order valence-corrected chi connectivity index (χ1v) is 9.31. The van der Waals surface area contributed by atoms with E-state index in [1.807, 2.05) is 6.08 Å². The number of hydrogen-bond donors (Lipinski definition) is 0. The Morgan fingerprint density at radius 1 is 1.27 bits per heavy atom. The van der Waals surface area contributed by atoms with Crippen LogP contribution in [0.2, 0.25) is 19.6 Å². The van der Waals surface area contributed by atoms with Crippen molar-refractivity contribution in [1.29, 1.82) is 0 Å². The molecule has 1 aliphatic rings. The molecule has 2 atom stereocenters. The standard InChI is InChI=1S/C13H24OSi/c1-6-12-10-8-9-11-13(12,7-2)14-15(3,4)5/h6-7,12H,1-2,8-11H2,3-5H3/t12-,13+/m0/s1. The van der Waals surface area contributed by atoms with Gasteiger partial charge in [0.05, 0.1) is 5.60 Å². The monoisotopic (exact) mass is 224 g/mol. The lowest BCUT2D eigenvalue weighted by Crippen LogP contribution is -2.47. The van der Waals surface area contributed by atoms with Crippen molar-refractivity contribution in [3.8, 4) is 0 Å². The Hall–Kier alpha value is -0.343. The summed E-state index contributed by atoms with van der Waals surface area (Å²) in [7, 11) is -1.52. The maximum Gasteiger partial charge on any atom is 0.184 e. The molecule has 0 unspecified atom stereocenters. The summed E-state index contributed by atoms with van der Waals surface area (Å²) in [4.78, 5) is 0. The predicted octanol–water partition coefficient (Wildman–Crippen LogP) is 4.14. The van der Waals surface area contributed by atoms with E-state index in [1.165, 1.54) is 19.3 Å². The minimum atomic E-state index is -1.52. The minimum Gasteiger partial charge on any atom is -0.408 e. The van der Waals surface area contributed by atoms with Crippen LogP contribution >= 0.6 is 0 Å². The third-order valence-corrected chi connectivity index (χ3v) is 4.08. The van der Waals surface area contributed by atoms with Gasteiger partial charge in [-0.1, -0.05) is 25.0 Å². The lowest BCUT2D eigenvalue weighted by atomic mass is 9.75. The van der Waals surface area contributed by atoms with Crippen LogP contribution in [0.3, 0.4) is 0 Å². The first-order chi connectivity index (χ1) is 6.93. The van der Waals surface area contributed by atoms with Crippen LogP contribution in [0.15, 0.2) is 25.3 Å². The average molecular weight is 224 g/mol. The molecule has 0 aliphatic heterocycles. The van der Waals surface area contributed by atoms with Gasteiger partial charge in [-0.05, 0) is 32.5 Å². The summed E-state index contributed by atoms with van der Waals surface area (Å²) in [6.45, 7) is 14.7. The van der Waals surface area contributed by atoms with E-state index in [2.05, 4.69) is 38.9 Å². The van der Waals surface area contributed by atoms with Crippen molar-refractivity contribution in [2.45, 2.75) is 50.9 Å². The average Bonchev–Trinajstić information content (AvgIpc) is 2.16. The van der Waals surface area contributed by atoms with Crippen molar-refractivity contribution in [2.24, 2.45) is 5.92 Å². The lowest BCUT2D eigenvalue weighted by molar-refractivity contribution is 0.0339. The van der Waals surface area contributed by atoms with Crippen molar-refractivity contribution in [3.63, 3.8) is 0 Å². The largest absolute Gasteiger partial charge is 0.408 e. The quantitative estimate of drug-likeness (QED) is 0.515. The topological polar surface area (TPSA) is 9.23 Å². The molecule has 0 aromatic heterocycles. The van der Waals surface area contributed by atoms with Crippen molar-refractivity contribution in [2.75, 3.05) is 0 Å². The molecule has 1 saturated carbocycles. The smallest absolute Gasteiger partial charge is 0.184 e. The molecule has 1 nitrogen and oxygen atoms in total. The van der Waals surface area contributed by atoms with E-state index in [4.69, 9.17) is 4.43 Å². The zero-order valence-corrected chi connectivity index (χ0v) is 11.4. The van der Waals surface area contributed by atoms with Crippen molar-refractivity contribution < 1.29 is 4.43 Å². The number of rotatable bonds is 4. The first kappa shape index (κ1) is 12.7. The van der Waals surface area contributed by atoms with Crippen molar-refractivity contribution in [3.05, 3.63) is 25.3 Å². The maximum absolute atomic E-state index is 6.37. The maximum atomic E-state index is 6.37. The minimum absolute atomic E-state index is 0.121. The fourth-order valence-electron chi connectivity index (χ4n) is 2.50. The zero-order chi connectivity index (χ0) is 11.5. The summed E-state index contributed by atoms with van der Waals surface area (Å²) in [5, 5.41) is 0. The predicted molar refractivity (Wildman–Crippen MR) is 69.5 cm³/mol. The van der Waals surface area contributed by atoms with Gasteiger partial charge in [-0.3, -0.25) is 0 Å². The molecule has 1 fully saturated rings. The lowest BCUT2D eigenvalue weighted by Gasteiger charge is -2.44. The van der Waals surface area contributed by atoms with Gasteiger partial charge in [0.15, 0.2) is 8.32 Å². The van der Waals surface area contributed by atoms with Crippen LogP contribution in [0.5, 0.6) is 0 Å². The zero-order valence-electron chi connectivity index (χ0n) is 10.4. The molecule has 0 amide bonds. The van der Waals surface area contributed by atoms with Gasteiger partial charge in [0.1, 0.15) is 0 Å². The third kappa shape index (κ3) is 3.05. The van der Waals surface area contributed by atoms with Crippen LogP contribution in [0, 0.1) is 5.92 Å². The Kier molecular flexibility index (Phi) is 3.96. The Balaban J connectivity index is 2.88. The number of hydrogen-bond acceptors (Lipinski definition) is 1. The van der Waals surface area contributed by atoms with Gasteiger partial charge < -0.3 is 4.43 Å². The fraction of sp³-hybridized carbons (Fsp3) is 0.692. The molecule has 0 heterocycles. The van der Waals surface area contributed by atoms with Gasteiger partial charge in [0.2, 0.25) is 0 Å². The highest BCUT2D eigenvalue weighted by atomic mass is 28.4. The molecule has 0 spiro atoms. The normalized spacial score (nSPS) is 32.3. The summed E-state index contributed by atoms with van der Waals surface area (Å²) in [6.07, 6.45) is 8.93. The van der Waals surface area contributed by atoms with E-state index in [-0.39, 0.29) is 5.60 Å². The molecule has 1 aliphatic carbocycles. The highest BCUT2D eigenvalue weighted by Gasteiger charge is 2.40. The van der Waals surface area contributed by atoms with Crippen LogP contribution in [0.4, 0.5) is 0 Å². The van der Waals surface area contributed by atoms with Crippen LogP contribution in [0.1, 0.15) is 25.7 Å². The Labute approximate surface area is 95.4 Å². The summed E-state index contributed by atoms with van der Waals surface area (Å²) in [6, 6.07) is 0.